The lowest BCUT2D eigenvalue weighted by atomic mass is 10.1. The van der Waals surface area contributed by atoms with E-state index in [0.29, 0.717) is 18.7 Å². The first-order chi connectivity index (χ1) is 9.99. The topological polar surface area (TPSA) is 72.9 Å². The van der Waals surface area contributed by atoms with Gasteiger partial charge in [0.25, 0.3) is 0 Å². The van der Waals surface area contributed by atoms with Crippen molar-refractivity contribution in [3.63, 3.8) is 0 Å². The van der Waals surface area contributed by atoms with Crippen LogP contribution in [0.1, 0.15) is 18.5 Å². The number of nitrogens with zero attached hydrogens (tertiary/aromatic N) is 2. The SMILES string of the molecule is CC1CN(C(=O)NC(C(=O)O)c2ccccc2)CCN1C. The summed E-state index contributed by atoms with van der Waals surface area (Å²) in [5.41, 5.74) is 0.570. The zero-order chi connectivity index (χ0) is 15.4. The predicted octanol–water partition coefficient (Wildman–Crippen LogP) is 1.16. The quantitative estimate of drug-likeness (QED) is 0.876. The van der Waals surface area contributed by atoms with Crippen molar-refractivity contribution in [2.45, 2.75) is 19.0 Å². The number of piperazine rings is 1. The van der Waals surface area contributed by atoms with Crippen LogP contribution in [-0.4, -0.2) is 59.6 Å². The molecule has 1 aromatic rings. The van der Waals surface area contributed by atoms with E-state index in [4.69, 9.17) is 0 Å². The molecule has 1 fully saturated rings. The second kappa shape index (κ2) is 6.58. The molecule has 1 aromatic carbocycles. The molecule has 1 saturated heterocycles. The molecule has 0 spiro atoms. The molecule has 0 aromatic heterocycles. The molecule has 114 valence electrons. The molecule has 0 aliphatic carbocycles. The third kappa shape index (κ3) is 3.72. The van der Waals surface area contributed by atoms with Gasteiger partial charge in [0.05, 0.1) is 0 Å². The molecule has 2 unspecified atom stereocenters. The first kappa shape index (κ1) is 15.3. The van der Waals surface area contributed by atoms with Crippen molar-refractivity contribution < 1.29 is 14.7 Å². The number of hydrogen-bond acceptors (Lipinski definition) is 3. The highest BCUT2D eigenvalue weighted by molar-refractivity contribution is 5.83. The zero-order valence-electron chi connectivity index (χ0n) is 12.3. The van der Waals surface area contributed by atoms with Gasteiger partial charge >= 0.3 is 12.0 Å². The van der Waals surface area contributed by atoms with Gasteiger partial charge < -0.3 is 20.2 Å². The van der Waals surface area contributed by atoms with Gasteiger partial charge in [-0.3, -0.25) is 0 Å². The molecular formula is C15H21N3O3. The Kier molecular flexibility index (Phi) is 4.80. The summed E-state index contributed by atoms with van der Waals surface area (Å²) in [6, 6.07) is 7.65. The van der Waals surface area contributed by atoms with Crippen molar-refractivity contribution in [1.82, 2.24) is 15.1 Å². The van der Waals surface area contributed by atoms with Crippen LogP contribution < -0.4 is 5.32 Å². The summed E-state index contributed by atoms with van der Waals surface area (Å²) >= 11 is 0. The molecular weight excluding hydrogens is 270 g/mol. The van der Waals surface area contributed by atoms with Crippen LogP contribution in [0.25, 0.3) is 0 Å². The Balaban J connectivity index is 2.04. The van der Waals surface area contributed by atoms with Crippen LogP contribution in [0.2, 0.25) is 0 Å². The molecule has 2 N–H and O–H groups in total. The maximum Gasteiger partial charge on any atom is 0.330 e. The molecule has 2 atom stereocenters. The lowest BCUT2D eigenvalue weighted by molar-refractivity contribution is -0.139. The number of rotatable bonds is 3. The van der Waals surface area contributed by atoms with E-state index in [-0.39, 0.29) is 12.1 Å². The summed E-state index contributed by atoms with van der Waals surface area (Å²) in [6.45, 7) is 4.04. The lowest BCUT2D eigenvalue weighted by Crippen LogP contribution is -2.55. The number of carbonyl (C=O) groups is 2. The van der Waals surface area contributed by atoms with Crippen molar-refractivity contribution in [2.24, 2.45) is 0 Å². The van der Waals surface area contributed by atoms with E-state index in [2.05, 4.69) is 10.2 Å². The van der Waals surface area contributed by atoms with Gasteiger partial charge in [0.2, 0.25) is 0 Å². The second-order valence-corrected chi connectivity index (χ2v) is 5.41. The van der Waals surface area contributed by atoms with Crippen LogP contribution in [0.15, 0.2) is 30.3 Å². The number of likely N-dealkylation sites (N-methyl/N-ethyl adjacent to an activating group) is 1. The number of carboxylic acids is 1. The number of carboxylic acid groups (broad SMARTS) is 1. The molecule has 1 aliphatic heterocycles. The molecule has 6 heteroatoms. The number of nitrogens with one attached hydrogen (secondary N) is 1. The average molecular weight is 291 g/mol. The maximum absolute atomic E-state index is 12.3. The number of carbonyl (C=O) groups excluding carboxylic acids is 1. The Labute approximate surface area is 124 Å². The maximum atomic E-state index is 12.3. The van der Waals surface area contributed by atoms with E-state index in [0.717, 1.165) is 6.54 Å². The summed E-state index contributed by atoms with van der Waals surface area (Å²) in [7, 11) is 2.02. The van der Waals surface area contributed by atoms with E-state index in [1.165, 1.54) is 0 Å². The van der Waals surface area contributed by atoms with Gasteiger partial charge in [0.15, 0.2) is 6.04 Å². The van der Waals surface area contributed by atoms with E-state index >= 15 is 0 Å². The fourth-order valence-corrected chi connectivity index (χ4v) is 2.38. The van der Waals surface area contributed by atoms with E-state index in [1.807, 2.05) is 20.0 Å². The minimum Gasteiger partial charge on any atom is -0.479 e. The molecule has 0 radical (unpaired) electrons. The van der Waals surface area contributed by atoms with Gasteiger partial charge in [-0.1, -0.05) is 30.3 Å². The highest BCUT2D eigenvalue weighted by Gasteiger charge is 2.28. The van der Waals surface area contributed by atoms with Crippen molar-refractivity contribution in [3.8, 4) is 0 Å². The van der Waals surface area contributed by atoms with Crippen LogP contribution in [0.3, 0.4) is 0 Å². The summed E-state index contributed by atoms with van der Waals surface area (Å²) in [6.07, 6.45) is 0. The van der Waals surface area contributed by atoms with E-state index in [9.17, 15) is 14.7 Å². The standard InChI is InChI=1S/C15H21N3O3/c1-11-10-18(9-8-17(11)2)15(21)16-13(14(19)20)12-6-4-3-5-7-12/h3-7,11,13H,8-10H2,1-2H3,(H,16,21)(H,19,20). The van der Waals surface area contributed by atoms with E-state index < -0.39 is 12.0 Å². The van der Waals surface area contributed by atoms with Gasteiger partial charge in [-0.25, -0.2) is 9.59 Å². The van der Waals surface area contributed by atoms with Gasteiger partial charge in [-0.15, -0.1) is 0 Å². The molecule has 2 rings (SSSR count). The minimum absolute atomic E-state index is 0.268. The first-order valence-electron chi connectivity index (χ1n) is 7.02. The third-order valence-electron chi connectivity index (χ3n) is 3.89. The van der Waals surface area contributed by atoms with Crippen molar-refractivity contribution >= 4 is 12.0 Å². The molecule has 21 heavy (non-hydrogen) atoms. The number of hydrogen-bond donors (Lipinski definition) is 2. The average Bonchev–Trinajstić information content (AvgIpc) is 2.48. The highest BCUT2D eigenvalue weighted by Crippen LogP contribution is 2.14. The molecule has 0 saturated carbocycles. The molecule has 1 aliphatic rings. The van der Waals surface area contributed by atoms with Crippen LogP contribution in [0.5, 0.6) is 0 Å². The van der Waals surface area contributed by atoms with Gasteiger partial charge in [0, 0.05) is 25.7 Å². The fraction of sp³-hybridized carbons (Fsp3) is 0.467. The lowest BCUT2D eigenvalue weighted by Gasteiger charge is -2.38. The Morgan fingerprint density at radius 2 is 1.95 bits per heavy atom. The third-order valence-corrected chi connectivity index (χ3v) is 3.89. The van der Waals surface area contributed by atoms with Crippen LogP contribution in [0.4, 0.5) is 4.79 Å². The number of benzene rings is 1. The fourth-order valence-electron chi connectivity index (χ4n) is 2.38. The Hall–Kier alpha value is -2.08. The Morgan fingerprint density at radius 3 is 2.52 bits per heavy atom. The number of urea groups is 1. The summed E-state index contributed by atoms with van der Waals surface area (Å²) in [5.74, 6) is -1.06. The van der Waals surface area contributed by atoms with Crippen molar-refractivity contribution in [1.29, 1.82) is 0 Å². The largest absolute Gasteiger partial charge is 0.479 e. The minimum atomic E-state index is -1.06. The predicted molar refractivity (Wildman–Crippen MR) is 79.0 cm³/mol. The van der Waals surface area contributed by atoms with Crippen LogP contribution in [0, 0.1) is 0 Å². The molecule has 1 heterocycles. The molecule has 2 amide bonds. The van der Waals surface area contributed by atoms with Gasteiger partial charge in [-0.2, -0.15) is 0 Å². The van der Waals surface area contributed by atoms with Crippen LogP contribution in [-0.2, 0) is 4.79 Å². The Bertz CT molecular complexity index is 506. The number of aliphatic carboxylic acids is 1. The first-order valence-corrected chi connectivity index (χ1v) is 7.02. The monoisotopic (exact) mass is 291 g/mol. The highest BCUT2D eigenvalue weighted by atomic mass is 16.4. The molecule has 6 nitrogen and oxygen atoms in total. The summed E-state index contributed by atoms with van der Waals surface area (Å²) < 4.78 is 0. The Morgan fingerprint density at radius 1 is 1.29 bits per heavy atom. The molecule has 0 bridgehead atoms. The van der Waals surface area contributed by atoms with E-state index in [1.54, 1.807) is 29.2 Å². The van der Waals surface area contributed by atoms with Gasteiger partial charge in [-0.05, 0) is 19.5 Å². The van der Waals surface area contributed by atoms with Crippen molar-refractivity contribution in [2.75, 3.05) is 26.7 Å². The number of amides is 2. The van der Waals surface area contributed by atoms with Crippen molar-refractivity contribution in [3.05, 3.63) is 35.9 Å². The second-order valence-electron chi connectivity index (χ2n) is 5.41. The summed E-state index contributed by atoms with van der Waals surface area (Å²) in [4.78, 5) is 27.5. The zero-order valence-corrected chi connectivity index (χ0v) is 12.3. The smallest absolute Gasteiger partial charge is 0.330 e. The van der Waals surface area contributed by atoms with Gasteiger partial charge in [0.1, 0.15) is 0 Å². The van der Waals surface area contributed by atoms with Crippen LogP contribution >= 0.6 is 0 Å². The summed E-state index contributed by atoms with van der Waals surface area (Å²) in [5, 5.41) is 11.9. The normalized spacial score (nSPS) is 20.9.